The molecule has 0 saturated carbocycles. The van der Waals surface area contributed by atoms with Gasteiger partial charge in [-0.05, 0) is 13.8 Å². The molecule has 2 N–H and O–H groups in total. The van der Waals surface area contributed by atoms with Crippen molar-refractivity contribution in [1.82, 2.24) is 10.3 Å². The van der Waals surface area contributed by atoms with Crippen molar-refractivity contribution >= 4 is 42.1 Å². The fourth-order valence-corrected chi connectivity index (χ4v) is 1.45. The lowest BCUT2D eigenvalue weighted by molar-refractivity contribution is -0.139. The monoisotopic (exact) mass is 272 g/mol. The van der Waals surface area contributed by atoms with Gasteiger partial charge in [0.15, 0.2) is 0 Å². The third-order valence-electron chi connectivity index (χ3n) is 1.63. The second-order valence-corrected chi connectivity index (χ2v) is 3.86. The highest BCUT2D eigenvalue weighted by Crippen LogP contribution is 2.07. The Morgan fingerprint density at radius 3 is 2.67 bits per heavy atom. The lowest BCUT2D eigenvalue weighted by Crippen LogP contribution is -2.33. The van der Waals surface area contributed by atoms with Gasteiger partial charge in [-0.25, -0.2) is 4.98 Å². The van der Waals surface area contributed by atoms with E-state index in [9.17, 15) is 4.79 Å². The molecule has 1 heterocycles. The number of halogens is 2. The van der Waals surface area contributed by atoms with Crippen LogP contribution in [0, 0.1) is 6.92 Å². The summed E-state index contributed by atoms with van der Waals surface area (Å²) in [6.45, 7) is 4.05. The summed E-state index contributed by atoms with van der Waals surface area (Å²) in [5, 5.41) is 14.4. The smallest absolute Gasteiger partial charge is 0.320 e. The predicted octanol–water partition coefficient (Wildman–Crippen LogP) is 1.86. The first kappa shape index (κ1) is 17.0. The van der Waals surface area contributed by atoms with Gasteiger partial charge in [0.2, 0.25) is 0 Å². The number of rotatable bonds is 4. The van der Waals surface area contributed by atoms with Crippen LogP contribution in [0.1, 0.15) is 17.6 Å². The van der Waals surface area contributed by atoms with E-state index in [-0.39, 0.29) is 24.8 Å². The van der Waals surface area contributed by atoms with Crippen LogP contribution in [0.15, 0.2) is 5.38 Å². The van der Waals surface area contributed by atoms with E-state index in [0.717, 1.165) is 10.7 Å². The number of nitrogens with zero attached hydrogens (tertiary/aromatic N) is 1. The molecule has 0 saturated heterocycles. The number of carboxylic acids is 1. The van der Waals surface area contributed by atoms with E-state index >= 15 is 0 Å². The highest BCUT2D eigenvalue weighted by molar-refractivity contribution is 7.09. The normalized spacial score (nSPS) is 11.1. The lowest BCUT2D eigenvalue weighted by atomic mass is 10.3. The Balaban J connectivity index is 0. The number of aryl methyl sites for hydroxylation is 1. The molecule has 0 aliphatic heterocycles. The lowest BCUT2D eigenvalue weighted by Gasteiger charge is -2.06. The molecule has 1 rings (SSSR count). The standard InChI is InChI=1S/C8H12N2O2S.2ClH/c1-5(8(11)12)9-3-7-4-13-6(2)10-7;;/h4-5,9H,3H2,1-2H3,(H,11,12);2*1H. The Hall–Kier alpha value is -0.360. The van der Waals surface area contributed by atoms with Gasteiger partial charge in [0.05, 0.1) is 10.7 Å². The summed E-state index contributed by atoms with van der Waals surface area (Å²) in [4.78, 5) is 14.7. The fourth-order valence-electron chi connectivity index (χ4n) is 0.834. The van der Waals surface area contributed by atoms with Crippen LogP contribution in [-0.4, -0.2) is 22.1 Å². The molecular weight excluding hydrogens is 259 g/mol. The van der Waals surface area contributed by atoms with Gasteiger partial charge in [0, 0.05) is 11.9 Å². The summed E-state index contributed by atoms with van der Waals surface area (Å²) >= 11 is 1.57. The summed E-state index contributed by atoms with van der Waals surface area (Å²) in [7, 11) is 0. The van der Waals surface area contributed by atoms with Gasteiger partial charge in [-0.15, -0.1) is 36.2 Å². The molecule has 0 amide bonds. The first-order valence-corrected chi connectivity index (χ1v) is 4.84. The Kier molecular flexibility index (Phi) is 8.95. The molecule has 0 aromatic carbocycles. The van der Waals surface area contributed by atoms with Crippen LogP contribution in [-0.2, 0) is 11.3 Å². The summed E-state index contributed by atoms with van der Waals surface area (Å²) in [5.41, 5.74) is 0.899. The molecule has 4 nitrogen and oxygen atoms in total. The molecule has 1 aromatic heterocycles. The summed E-state index contributed by atoms with van der Waals surface area (Å²) < 4.78 is 0. The van der Waals surface area contributed by atoms with Gasteiger partial charge in [0.1, 0.15) is 6.04 Å². The maximum Gasteiger partial charge on any atom is 0.320 e. The molecule has 88 valence electrons. The average Bonchev–Trinajstić information content (AvgIpc) is 2.47. The number of carbonyl (C=O) groups is 1. The number of hydrogen-bond acceptors (Lipinski definition) is 4. The zero-order valence-electron chi connectivity index (χ0n) is 8.39. The second-order valence-electron chi connectivity index (χ2n) is 2.80. The van der Waals surface area contributed by atoms with Crippen LogP contribution in [0.2, 0.25) is 0 Å². The van der Waals surface area contributed by atoms with Crippen molar-refractivity contribution in [2.45, 2.75) is 26.4 Å². The number of thiazole rings is 1. The average molecular weight is 273 g/mol. The Morgan fingerprint density at radius 1 is 1.67 bits per heavy atom. The predicted molar refractivity (Wildman–Crippen MR) is 65.3 cm³/mol. The Labute approximate surface area is 105 Å². The van der Waals surface area contributed by atoms with Gasteiger partial charge in [-0.2, -0.15) is 0 Å². The van der Waals surface area contributed by atoms with Crippen LogP contribution in [0.4, 0.5) is 0 Å². The van der Waals surface area contributed by atoms with E-state index in [1.807, 2.05) is 12.3 Å². The minimum Gasteiger partial charge on any atom is -0.480 e. The zero-order chi connectivity index (χ0) is 9.84. The van der Waals surface area contributed by atoms with Crippen molar-refractivity contribution in [2.75, 3.05) is 0 Å². The van der Waals surface area contributed by atoms with Crippen LogP contribution >= 0.6 is 36.2 Å². The highest BCUT2D eigenvalue weighted by Gasteiger charge is 2.09. The maximum atomic E-state index is 10.4. The van der Waals surface area contributed by atoms with E-state index in [1.165, 1.54) is 0 Å². The van der Waals surface area contributed by atoms with E-state index in [2.05, 4.69) is 10.3 Å². The molecule has 0 aliphatic rings. The van der Waals surface area contributed by atoms with Crippen LogP contribution < -0.4 is 5.32 Å². The van der Waals surface area contributed by atoms with Gasteiger partial charge in [0.25, 0.3) is 0 Å². The highest BCUT2D eigenvalue weighted by atomic mass is 35.5. The largest absolute Gasteiger partial charge is 0.480 e. The first-order valence-electron chi connectivity index (χ1n) is 3.97. The van der Waals surface area contributed by atoms with Crippen molar-refractivity contribution < 1.29 is 9.90 Å². The van der Waals surface area contributed by atoms with E-state index in [0.29, 0.717) is 6.54 Å². The van der Waals surface area contributed by atoms with Gasteiger partial charge in [-0.1, -0.05) is 0 Å². The number of aromatic nitrogens is 1. The topological polar surface area (TPSA) is 62.2 Å². The van der Waals surface area contributed by atoms with E-state index in [1.54, 1.807) is 18.3 Å². The second kappa shape index (κ2) is 7.87. The number of nitrogens with one attached hydrogen (secondary N) is 1. The van der Waals surface area contributed by atoms with Crippen LogP contribution in [0.3, 0.4) is 0 Å². The third-order valence-corrected chi connectivity index (χ3v) is 2.45. The molecular formula is C8H14Cl2N2O2S. The minimum absolute atomic E-state index is 0. The van der Waals surface area contributed by atoms with Crippen LogP contribution in [0.5, 0.6) is 0 Å². The molecule has 0 fully saturated rings. The first-order chi connectivity index (χ1) is 6.09. The molecule has 0 bridgehead atoms. The molecule has 1 unspecified atom stereocenters. The van der Waals surface area contributed by atoms with Crippen molar-refractivity contribution in [1.29, 1.82) is 0 Å². The fraction of sp³-hybridized carbons (Fsp3) is 0.500. The molecule has 7 heteroatoms. The zero-order valence-corrected chi connectivity index (χ0v) is 10.8. The van der Waals surface area contributed by atoms with Gasteiger partial charge >= 0.3 is 5.97 Å². The van der Waals surface area contributed by atoms with E-state index < -0.39 is 12.0 Å². The van der Waals surface area contributed by atoms with Crippen molar-refractivity contribution in [3.05, 3.63) is 16.1 Å². The molecule has 0 aliphatic carbocycles. The summed E-state index contributed by atoms with van der Waals surface area (Å²) in [6, 6.07) is -0.526. The molecule has 1 atom stereocenters. The van der Waals surface area contributed by atoms with Gasteiger partial charge < -0.3 is 5.11 Å². The van der Waals surface area contributed by atoms with Gasteiger partial charge in [-0.3, -0.25) is 10.1 Å². The molecule has 1 aromatic rings. The Bertz CT molecular complexity index is 307. The van der Waals surface area contributed by atoms with Crippen LogP contribution in [0.25, 0.3) is 0 Å². The third kappa shape index (κ3) is 5.94. The number of aliphatic carboxylic acids is 1. The number of hydrogen-bond donors (Lipinski definition) is 2. The SMILES string of the molecule is Cc1nc(CNC(C)C(=O)O)cs1.Cl.Cl. The molecule has 0 radical (unpaired) electrons. The quantitative estimate of drug-likeness (QED) is 0.879. The van der Waals surface area contributed by atoms with Crippen molar-refractivity contribution in [2.24, 2.45) is 0 Å². The summed E-state index contributed by atoms with van der Waals surface area (Å²) in [5.74, 6) is -0.841. The van der Waals surface area contributed by atoms with Crippen molar-refractivity contribution in [3.63, 3.8) is 0 Å². The minimum atomic E-state index is -0.841. The van der Waals surface area contributed by atoms with E-state index in [4.69, 9.17) is 5.11 Å². The Morgan fingerprint density at radius 2 is 2.27 bits per heavy atom. The number of carboxylic acid groups (broad SMARTS) is 1. The van der Waals surface area contributed by atoms with Crippen molar-refractivity contribution in [3.8, 4) is 0 Å². The maximum absolute atomic E-state index is 10.4. The molecule has 0 spiro atoms. The molecule has 15 heavy (non-hydrogen) atoms. The summed E-state index contributed by atoms with van der Waals surface area (Å²) in [6.07, 6.45) is 0.